The zero-order chi connectivity index (χ0) is 11.9. The van der Waals surface area contributed by atoms with E-state index >= 15 is 0 Å². The summed E-state index contributed by atoms with van der Waals surface area (Å²) in [5, 5.41) is 9.90. The van der Waals surface area contributed by atoms with Crippen molar-refractivity contribution in [2.75, 3.05) is 6.61 Å². The summed E-state index contributed by atoms with van der Waals surface area (Å²) >= 11 is 0. The fraction of sp³-hybridized carbons (Fsp3) is 0.917. The maximum atomic E-state index is 11.6. The molecule has 0 bridgehead atoms. The molecule has 3 heteroatoms. The Morgan fingerprint density at radius 2 is 1.93 bits per heavy atom. The lowest BCUT2D eigenvalue weighted by atomic mass is 9.84. The third-order valence-electron chi connectivity index (χ3n) is 2.72. The van der Waals surface area contributed by atoms with Crippen molar-refractivity contribution in [1.29, 1.82) is 0 Å². The van der Waals surface area contributed by atoms with Gasteiger partial charge in [0.2, 0.25) is 0 Å². The molecular weight excluding hydrogens is 192 g/mol. The highest BCUT2D eigenvalue weighted by atomic mass is 16.5. The van der Waals surface area contributed by atoms with Crippen molar-refractivity contribution in [3.63, 3.8) is 0 Å². The first kappa shape index (κ1) is 14.4. The Kier molecular flexibility index (Phi) is 6.57. The Morgan fingerprint density at radius 1 is 1.33 bits per heavy atom. The first-order valence-corrected chi connectivity index (χ1v) is 5.82. The molecule has 90 valence electrons. The van der Waals surface area contributed by atoms with Crippen LogP contribution >= 0.6 is 0 Å². The van der Waals surface area contributed by atoms with Gasteiger partial charge in [0, 0.05) is 0 Å². The zero-order valence-corrected chi connectivity index (χ0v) is 10.4. The Hall–Kier alpha value is -0.570. The monoisotopic (exact) mass is 216 g/mol. The van der Waals surface area contributed by atoms with Gasteiger partial charge in [0.1, 0.15) is 0 Å². The van der Waals surface area contributed by atoms with E-state index in [-0.39, 0.29) is 5.97 Å². The van der Waals surface area contributed by atoms with Crippen molar-refractivity contribution in [3.05, 3.63) is 0 Å². The van der Waals surface area contributed by atoms with E-state index in [0.717, 1.165) is 19.3 Å². The number of aliphatic hydroxyl groups excluding tert-OH is 1. The van der Waals surface area contributed by atoms with Crippen LogP contribution in [-0.4, -0.2) is 23.8 Å². The number of aliphatic hydroxyl groups is 1. The summed E-state index contributed by atoms with van der Waals surface area (Å²) in [7, 11) is 0. The van der Waals surface area contributed by atoms with E-state index in [1.54, 1.807) is 20.8 Å². The maximum Gasteiger partial charge on any atom is 0.314 e. The average molecular weight is 216 g/mol. The predicted octanol–water partition coefficient (Wildman–Crippen LogP) is 2.52. The van der Waals surface area contributed by atoms with E-state index in [1.807, 2.05) is 0 Å². The van der Waals surface area contributed by atoms with Crippen LogP contribution < -0.4 is 0 Å². The lowest BCUT2D eigenvalue weighted by Gasteiger charge is -2.28. The average Bonchev–Trinajstić information content (AvgIpc) is 2.18. The van der Waals surface area contributed by atoms with Crippen LogP contribution in [0.3, 0.4) is 0 Å². The SMILES string of the molecule is CCCCCC(O)C(C)(C)C(=O)OCC. The minimum atomic E-state index is -0.788. The fourth-order valence-electron chi connectivity index (χ4n) is 1.40. The number of esters is 1. The Morgan fingerprint density at radius 3 is 2.40 bits per heavy atom. The second kappa shape index (κ2) is 6.83. The number of unbranched alkanes of at least 4 members (excludes halogenated alkanes) is 2. The summed E-state index contributed by atoms with van der Waals surface area (Å²) < 4.78 is 4.94. The van der Waals surface area contributed by atoms with Crippen molar-refractivity contribution >= 4 is 5.97 Å². The molecule has 0 spiro atoms. The number of hydrogen-bond acceptors (Lipinski definition) is 3. The van der Waals surface area contributed by atoms with E-state index in [1.165, 1.54) is 0 Å². The Balaban J connectivity index is 4.12. The van der Waals surface area contributed by atoms with E-state index in [0.29, 0.717) is 13.0 Å². The predicted molar refractivity (Wildman–Crippen MR) is 60.6 cm³/mol. The van der Waals surface area contributed by atoms with Gasteiger partial charge in [-0.1, -0.05) is 26.2 Å². The molecule has 0 fully saturated rings. The van der Waals surface area contributed by atoms with Gasteiger partial charge in [0.25, 0.3) is 0 Å². The van der Waals surface area contributed by atoms with Crippen molar-refractivity contribution in [2.24, 2.45) is 5.41 Å². The smallest absolute Gasteiger partial charge is 0.314 e. The number of rotatable bonds is 7. The van der Waals surface area contributed by atoms with Crippen LogP contribution in [0.4, 0.5) is 0 Å². The summed E-state index contributed by atoms with van der Waals surface area (Å²) in [6.07, 6.45) is 3.23. The van der Waals surface area contributed by atoms with Crippen molar-refractivity contribution in [2.45, 2.75) is 59.5 Å². The summed E-state index contributed by atoms with van der Waals surface area (Å²) in [6, 6.07) is 0. The van der Waals surface area contributed by atoms with Gasteiger partial charge in [0.15, 0.2) is 0 Å². The van der Waals surface area contributed by atoms with Crippen molar-refractivity contribution in [3.8, 4) is 0 Å². The molecule has 0 aromatic carbocycles. The molecule has 0 aliphatic rings. The third kappa shape index (κ3) is 4.65. The molecule has 0 saturated heterocycles. The second-order valence-corrected chi connectivity index (χ2v) is 4.45. The van der Waals surface area contributed by atoms with E-state index in [4.69, 9.17) is 4.74 Å². The molecule has 0 rings (SSSR count). The van der Waals surface area contributed by atoms with Crippen LogP contribution in [0, 0.1) is 5.41 Å². The maximum absolute atomic E-state index is 11.6. The number of carbonyl (C=O) groups is 1. The minimum absolute atomic E-state index is 0.311. The van der Waals surface area contributed by atoms with Gasteiger partial charge in [-0.05, 0) is 27.2 Å². The first-order valence-electron chi connectivity index (χ1n) is 5.82. The molecule has 1 atom stereocenters. The number of ether oxygens (including phenoxy) is 1. The molecule has 0 aliphatic heterocycles. The molecule has 1 unspecified atom stereocenters. The number of carbonyl (C=O) groups excluding carboxylic acids is 1. The molecule has 1 N–H and O–H groups in total. The summed E-state index contributed by atoms with van der Waals surface area (Å²) in [5.41, 5.74) is -0.788. The van der Waals surface area contributed by atoms with Crippen LogP contribution in [0.25, 0.3) is 0 Å². The molecule has 0 heterocycles. The third-order valence-corrected chi connectivity index (χ3v) is 2.72. The van der Waals surface area contributed by atoms with Crippen molar-refractivity contribution < 1.29 is 14.6 Å². The lowest BCUT2D eigenvalue weighted by Crippen LogP contribution is -2.38. The molecule has 0 saturated carbocycles. The molecule has 15 heavy (non-hydrogen) atoms. The van der Waals surface area contributed by atoms with Crippen LogP contribution in [0.5, 0.6) is 0 Å². The quantitative estimate of drug-likeness (QED) is 0.525. The van der Waals surface area contributed by atoms with Crippen LogP contribution in [-0.2, 0) is 9.53 Å². The highest BCUT2D eigenvalue weighted by Crippen LogP contribution is 2.26. The van der Waals surface area contributed by atoms with Crippen molar-refractivity contribution in [1.82, 2.24) is 0 Å². The van der Waals surface area contributed by atoms with Crippen LogP contribution in [0.2, 0.25) is 0 Å². The van der Waals surface area contributed by atoms with Crippen LogP contribution in [0.15, 0.2) is 0 Å². The molecule has 3 nitrogen and oxygen atoms in total. The standard InChI is InChI=1S/C12H24O3/c1-5-7-8-9-10(13)12(3,4)11(14)15-6-2/h10,13H,5-9H2,1-4H3. The topological polar surface area (TPSA) is 46.5 Å². The first-order chi connectivity index (χ1) is 6.96. The van der Waals surface area contributed by atoms with Gasteiger partial charge >= 0.3 is 5.97 Å². The Bertz CT molecular complexity index is 187. The summed E-state index contributed by atoms with van der Waals surface area (Å²) in [4.78, 5) is 11.6. The summed E-state index contributed by atoms with van der Waals surface area (Å²) in [5.74, 6) is -0.311. The fourth-order valence-corrected chi connectivity index (χ4v) is 1.40. The van der Waals surface area contributed by atoms with E-state index in [2.05, 4.69) is 6.92 Å². The number of hydrogen-bond donors (Lipinski definition) is 1. The second-order valence-electron chi connectivity index (χ2n) is 4.45. The van der Waals surface area contributed by atoms with Gasteiger partial charge in [-0.15, -0.1) is 0 Å². The molecular formula is C12H24O3. The highest BCUT2D eigenvalue weighted by Gasteiger charge is 2.36. The largest absolute Gasteiger partial charge is 0.466 e. The molecule has 0 aromatic heterocycles. The molecule has 0 radical (unpaired) electrons. The normalized spacial score (nSPS) is 13.7. The molecule has 0 aliphatic carbocycles. The zero-order valence-electron chi connectivity index (χ0n) is 10.4. The van der Waals surface area contributed by atoms with E-state index < -0.39 is 11.5 Å². The molecule has 0 aromatic rings. The lowest BCUT2D eigenvalue weighted by molar-refractivity contribution is -0.160. The van der Waals surface area contributed by atoms with Gasteiger partial charge in [-0.2, -0.15) is 0 Å². The van der Waals surface area contributed by atoms with Gasteiger partial charge < -0.3 is 9.84 Å². The highest BCUT2D eigenvalue weighted by molar-refractivity contribution is 5.76. The van der Waals surface area contributed by atoms with E-state index in [9.17, 15) is 9.90 Å². The van der Waals surface area contributed by atoms with Gasteiger partial charge in [-0.3, -0.25) is 4.79 Å². The van der Waals surface area contributed by atoms with Gasteiger partial charge in [-0.25, -0.2) is 0 Å². The minimum Gasteiger partial charge on any atom is -0.466 e. The summed E-state index contributed by atoms with van der Waals surface area (Å²) in [6.45, 7) is 7.73. The van der Waals surface area contributed by atoms with Crippen LogP contribution in [0.1, 0.15) is 53.4 Å². The van der Waals surface area contributed by atoms with Gasteiger partial charge in [0.05, 0.1) is 18.1 Å². The molecule has 0 amide bonds. The Labute approximate surface area is 92.8 Å².